The van der Waals surface area contributed by atoms with Gasteiger partial charge in [-0.25, -0.2) is 13.2 Å². The number of hydrogen-bond acceptors (Lipinski definition) is 7. The Hall–Kier alpha value is -3.46. The van der Waals surface area contributed by atoms with Crippen LogP contribution in [-0.2, 0) is 24.2 Å². The highest BCUT2D eigenvalue weighted by molar-refractivity contribution is 7.91. The molecular weight excluding hydrogens is 434 g/mol. The summed E-state index contributed by atoms with van der Waals surface area (Å²) in [4.78, 5) is 39.1. The van der Waals surface area contributed by atoms with Crippen molar-refractivity contribution in [1.82, 2.24) is 4.90 Å². The lowest BCUT2D eigenvalue weighted by molar-refractivity contribution is -0.141. The molecule has 32 heavy (non-hydrogen) atoms. The van der Waals surface area contributed by atoms with Crippen molar-refractivity contribution in [3.8, 4) is 0 Å². The molecule has 2 aromatic rings. The van der Waals surface area contributed by atoms with E-state index < -0.39 is 39.6 Å². The summed E-state index contributed by atoms with van der Waals surface area (Å²) in [7, 11) is -2.08. The molecule has 0 aromatic heterocycles. The van der Waals surface area contributed by atoms with E-state index in [-0.39, 0.29) is 34.8 Å². The van der Waals surface area contributed by atoms with Crippen LogP contribution in [0.4, 0.5) is 0 Å². The van der Waals surface area contributed by atoms with Crippen LogP contribution in [0.3, 0.4) is 0 Å². The number of ketones is 1. The number of nitrogens with zero attached hydrogens (tertiary/aromatic N) is 1. The lowest BCUT2D eigenvalue weighted by Gasteiger charge is -2.30. The molecule has 0 bridgehead atoms. The molecule has 2 heterocycles. The van der Waals surface area contributed by atoms with Crippen LogP contribution in [0.15, 0.2) is 60.2 Å². The molecule has 0 unspecified atom stereocenters. The maximum atomic E-state index is 13.0. The van der Waals surface area contributed by atoms with E-state index in [2.05, 4.69) is 0 Å². The van der Waals surface area contributed by atoms with Gasteiger partial charge in [0.2, 0.25) is 0 Å². The molecule has 2 fully saturated rings. The lowest BCUT2D eigenvalue weighted by atomic mass is 9.94. The van der Waals surface area contributed by atoms with Crippen molar-refractivity contribution >= 4 is 33.3 Å². The zero-order chi connectivity index (χ0) is 23.0. The summed E-state index contributed by atoms with van der Waals surface area (Å²) in [5, 5.41) is 11.0. The number of hydrogen-bond donors (Lipinski definition) is 1. The fourth-order valence-corrected chi connectivity index (χ4v) is 5.93. The van der Waals surface area contributed by atoms with E-state index in [1.807, 2.05) is 0 Å². The molecule has 2 atom stereocenters. The highest BCUT2D eigenvalue weighted by Gasteiger charge is 2.50. The topological polar surface area (TPSA) is 118 Å². The van der Waals surface area contributed by atoms with Crippen LogP contribution >= 0.6 is 0 Å². The van der Waals surface area contributed by atoms with Gasteiger partial charge in [0.1, 0.15) is 5.76 Å². The standard InChI is InChI=1S/C23H21NO7S/c1-31-23(28)16-9-7-14(8-10-16)19-18(20(25)15-5-3-2-4-6-15)21(26)22(27)24(19)17-11-12-32(29,30)13-17/h2-10,17,19,25H,11-13H2,1H3/b20-18+/t17-,19+/m1/s1. The number of ether oxygens (including phenoxy) is 1. The van der Waals surface area contributed by atoms with E-state index >= 15 is 0 Å². The summed E-state index contributed by atoms with van der Waals surface area (Å²) >= 11 is 0. The zero-order valence-corrected chi connectivity index (χ0v) is 18.0. The van der Waals surface area contributed by atoms with Crippen LogP contribution in [0, 0.1) is 0 Å². The Morgan fingerprint density at radius 1 is 1.03 bits per heavy atom. The number of sulfone groups is 1. The largest absolute Gasteiger partial charge is 0.507 e. The molecule has 0 saturated carbocycles. The number of amides is 1. The van der Waals surface area contributed by atoms with Crippen LogP contribution in [0.25, 0.3) is 5.76 Å². The van der Waals surface area contributed by atoms with Crippen molar-refractivity contribution in [1.29, 1.82) is 0 Å². The zero-order valence-electron chi connectivity index (χ0n) is 17.2. The number of carbonyl (C=O) groups is 3. The van der Waals surface area contributed by atoms with Crippen molar-refractivity contribution < 1.29 is 32.6 Å². The predicted octanol–water partition coefficient (Wildman–Crippen LogP) is 2.08. The highest BCUT2D eigenvalue weighted by atomic mass is 32.2. The van der Waals surface area contributed by atoms with Gasteiger partial charge in [-0.1, -0.05) is 42.5 Å². The van der Waals surface area contributed by atoms with Crippen LogP contribution in [0.2, 0.25) is 0 Å². The number of methoxy groups -OCH3 is 1. The van der Waals surface area contributed by atoms with Crippen molar-refractivity contribution in [3.05, 3.63) is 76.9 Å². The highest BCUT2D eigenvalue weighted by Crippen LogP contribution is 2.42. The molecule has 1 N–H and O–H groups in total. The third-order valence-electron chi connectivity index (χ3n) is 5.78. The smallest absolute Gasteiger partial charge is 0.337 e. The summed E-state index contributed by atoms with van der Waals surface area (Å²) in [6.07, 6.45) is 0.206. The van der Waals surface area contributed by atoms with Crippen LogP contribution in [0.5, 0.6) is 0 Å². The molecule has 1 amide bonds. The number of rotatable bonds is 4. The van der Waals surface area contributed by atoms with Crippen LogP contribution in [-0.4, -0.2) is 60.7 Å². The van der Waals surface area contributed by atoms with E-state index in [0.717, 1.165) is 0 Å². The number of benzene rings is 2. The van der Waals surface area contributed by atoms with Gasteiger partial charge in [-0.2, -0.15) is 0 Å². The molecule has 2 aliphatic rings. The van der Waals surface area contributed by atoms with E-state index in [1.165, 1.54) is 24.1 Å². The van der Waals surface area contributed by atoms with Gasteiger partial charge < -0.3 is 14.7 Å². The molecule has 8 nitrogen and oxygen atoms in total. The first-order valence-electron chi connectivity index (χ1n) is 9.97. The monoisotopic (exact) mass is 455 g/mol. The fraction of sp³-hybridized carbons (Fsp3) is 0.261. The van der Waals surface area contributed by atoms with Crippen molar-refractivity contribution in [3.63, 3.8) is 0 Å². The Kier molecular flexibility index (Phi) is 5.60. The third kappa shape index (κ3) is 3.80. The maximum Gasteiger partial charge on any atom is 0.337 e. The Morgan fingerprint density at radius 2 is 1.69 bits per heavy atom. The Morgan fingerprint density at radius 3 is 2.25 bits per heavy atom. The number of carbonyl (C=O) groups excluding carboxylic acids is 3. The van der Waals surface area contributed by atoms with Gasteiger partial charge in [-0.05, 0) is 24.1 Å². The second-order valence-corrected chi connectivity index (χ2v) is 9.97. The molecule has 0 radical (unpaired) electrons. The summed E-state index contributed by atoms with van der Waals surface area (Å²) < 4.78 is 28.9. The van der Waals surface area contributed by atoms with Gasteiger partial charge in [0.15, 0.2) is 9.84 Å². The molecule has 2 saturated heterocycles. The Balaban J connectivity index is 1.86. The Bertz CT molecular complexity index is 1220. The average molecular weight is 455 g/mol. The number of aliphatic hydroxyl groups is 1. The SMILES string of the molecule is COC(=O)c1ccc([C@H]2/C(=C(\O)c3ccccc3)C(=O)C(=O)N2[C@@H]2CCS(=O)(=O)C2)cc1. The van der Waals surface area contributed by atoms with E-state index in [0.29, 0.717) is 11.1 Å². The van der Waals surface area contributed by atoms with Gasteiger partial charge in [-0.3, -0.25) is 9.59 Å². The minimum atomic E-state index is -3.34. The second-order valence-electron chi connectivity index (χ2n) is 7.74. The first-order valence-corrected chi connectivity index (χ1v) is 11.8. The molecule has 4 rings (SSSR count). The average Bonchev–Trinajstić information content (AvgIpc) is 3.29. The van der Waals surface area contributed by atoms with Crippen molar-refractivity contribution in [2.45, 2.75) is 18.5 Å². The van der Waals surface area contributed by atoms with E-state index in [4.69, 9.17) is 4.74 Å². The fourth-order valence-electron chi connectivity index (χ4n) is 4.22. The van der Waals surface area contributed by atoms with E-state index in [9.17, 15) is 27.9 Å². The van der Waals surface area contributed by atoms with Crippen molar-refractivity contribution in [2.24, 2.45) is 0 Å². The molecule has 0 aliphatic carbocycles. The van der Waals surface area contributed by atoms with Gasteiger partial charge in [-0.15, -0.1) is 0 Å². The van der Waals surface area contributed by atoms with Crippen LogP contribution in [0.1, 0.15) is 33.9 Å². The molecule has 166 valence electrons. The summed E-state index contributed by atoms with van der Waals surface area (Å²) in [6, 6.07) is 12.8. The second kappa shape index (κ2) is 8.23. The molecule has 0 spiro atoms. The predicted molar refractivity (Wildman–Crippen MR) is 115 cm³/mol. The maximum absolute atomic E-state index is 13.0. The van der Waals surface area contributed by atoms with Crippen molar-refractivity contribution in [2.75, 3.05) is 18.6 Å². The molecular formula is C23H21NO7S. The number of aliphatic hydroxyl groups excluding tert-OH is 1. The first kappa shape index (κ1) is 21.8. The van der Waals surface area contributed by atoms with Crippen LogP contribution < -0.4 is 0 Å². The summed E-state index contributed by atoms with van der Waals surface area (Å²) in [6.45, 7) is 0. The van der Waals surface area contributed by atoms with Gasteiger partial charge in [0.05, 0.1) is 35.8 Å². The van der Waals surface area contributed by atoms with Gasteiger partial charge in [0.25, 0.3) is 11.7 Å². The molecule has 2 aliphatic heterocycles. The first-order chi connectivity index (χ1) is 15.2. The lowest BCUT2D eigenvalue weighted by Crippen LogP contribution is -2.40. The molecule has 9 heteroatoms. The number of Topliss-reactive ketones (excluding diaryl/α,β-unsaturated/α-hetero) is 1. The number of likely N-dealkylation sites (tertiary alicyclic amines) is 1. The van der Waals surface area contributed by atoms with Gasteiger partial charge in [0, 0.05) is 11.6 Å². The minimum absolute atomic E-state index is 0.0760. The molecule has 2 aromatic carbocycles. The minimum Gasteiger partial charge on any atom is -0.507 e. The quantitative estimate of drug-likeness (QED) is 0.325. The third-order valence-corrected chi connectivity index (χ3v) is 7.53. The van der Waals surface area contributed by atoms with Gasteiger partial charge >= 0.3 is 5.97 Å². The van der Waals surface area contributed by atoms with E-state index in [1.54, 1.807) is 42.5 Å². The summed E-state index contributed by atoms with van der Waals surface area (Å²) in [5.74, 6) is -2.94. The summed E-state index contributed by atoms with van der Waals surface area (Å²) in [5.41, 5.74) is 0.996. The Labute approximate surface area is 185 Å². The number of esters is 1. The normalized spacial score (nSPS) is 24.0.